The molecule has 0 saturated carbocycles. The Morgan fingerprint density at radius 1 is 1.30 bits per heavy atom. The first kappa shape index (κ1) is 13.8. The lowest BCUT2D eigenvalue weighted by Gasteiger charge is -2.08. The highest BCUT2D eigenvalue weighted by Gasteiger charge is 2.11. The molecule has 4 nitrogen and oxygen atoms in total. The van der Waals surface area contributed by atoms with Gasteiger partial charge in [0.05, 0.1) is 6.54 Å². The van der Waals surface area contributed by atoms with Crippen molar-refractivity contribution in [3.63, 3.8) is 0 Å². The smallest absolute Gasteiger partial charge is 0.257 e. The summed E-state index contributed by atoms with van der Waals surface area (Å²) in [4.78, 5) is 16.3. The number of amides is 1. The Morgan fingerprint density at radius 3 is 2.85 bits per heavy atom. The van der Waals surface area contributed by atoms with E-state index in [-0.39, 0.29) is 5.91 Å². The molecule has 1 aromatic heterocycles. The van der Waals surface area contributed by atoms with Crippen LogP contribution >= 0.6 is 0 Å². The minimum Gasteiger partial charge on any atom is -0.320 e. The van der Waals surface area contributed by atoms with E-state index >= 15 is 0 Å². The van der Waals surface area contributed by atoms with Gasteiger partial charge in [0, 0.05) is 17.3 Å². The number of benzene rings is 1. The van der Waals surface area contributed by atoms with Crippen LogP contribution in [0.15, 0.2) is 42.6 Å². The minimum atomic E-state index is -0.197. The normalized spacial score (nSPS) is 9.50. The second kappa shape index (κ2) is 6.50. The van der Waals surface area contributed by atoms with Gasteiger partial charge in [-0.1, -0.05) is 24.0 Å². The van der Waals surface area contributed by atoms with Crippen LogP contribution in [-0.4, -0.2) is 17.4 Å². The van der Waals surface area contributed by atoms with Gasteiger partial charge in [0.1, 0.15) is 5.82 Å². The maximum atomic E-state index is 12.2. The lowest BCUT2D eigenvalue weighted by molar-refractivity contribution is 0.102. The van der Waals surface area contributed by atoms with E-state index in [1.165, 1.54) is 0 Å². The molecule has 20 heavy (non-hydrogen) atoms. The van der Waals surface area contributed by atoms with Crippen molar-refractivity contribution >= 4 is 11.7 Å². The Hall–Kier alpha value is -2.64. The lowest BCUT2D eigenvalue weighted by Crippen LogP contribution is -2.14. The number of aromatic nitrogens is 1. The average molecular weight is 265 g/mol. The number of nitrogens with one attached hydrogen (secondary N) is 1. The summed E-state index contributed by atoms with van der Waals surface area (Å²) in [6.45, 7) is 2.16. The zero-order chi connectivity index (χ0) is 14.4. The van der Waals surface area contributed by atoms with Crippen molar-refractivity contribution in [3.05, 3.63) is 59.3 Å². The number of hydrogen-bond acceptors (Lipinski definition) is 3. The summed E-state index contributed by atoms with van der Waals surface area (Å²) in [7, 11) is 0. The standard InChI is InChI=1S/C16H15N3O/c1-12-13(7-5-10-17)6-4-8-14(12)16(20)19-15-9-2-3-11-18-15/h2-4,6,8-9,11H,10,17H2,1H3,(H,18,19,20). The van der Waals surface area contributed by atoms with Crippen molar-refractivity contribution < 1.29 is 4.79 Å². The van der Waals surface area contributed by atoms with Crippen LogP contribution in [0.2, 0.25) is 0 Å². The van der Waals surface area contributed by atoms with Crippen LogP contribution in [0, 0.1) is 18.8 Å². The molecule has 0 aliphatic heterocycles. The van der Waals surface area contributed by atoms with Crippen LogP contribution in [0.1, 0.15) is 21.5 Å². The summed E-state index contributed by atoms with van der Waals surface area (Å²) >= 11 is 0. The average Bonchev–Trinajstić information content (AvgIpc) is 2.47. The molecule has 4 heteroatoms. The molecule has 3 N–H and O–H groups in total. The maximum absolute atomic E-state index is 12.2. The molecule has 0 unspecified atom stereocenters. The molecule has 1 heterocycles. The third-order valence-electron chi connectivity index (χ3n) is 2.81. The molecule has 0 radical (unpaired) electrons. The molecule has 1 amide bonds. The fraction of sp³-hybridized carbons (Fsp3) is 0.125. The van der Waals surface area contributed by atoms with Crippen molar-refractivity contribution in [1.29, 1.82) is 0 Å². The van der Waals surface area contributed by atoms with Gasteiger partial charge in [0.15, 0.2) is 0 Å². The highest BCUT2D eigenvalue weighted by atomic mass is 16.1. The summed E-state index contributed by atoms with van der Waals surface area (Å²) < 4.78 is 0. The summed E-state index contributed by atoms with van der Waals surface area (Å²) in [5, 5.41) is 2.76. The predicted molar refractivity (Wildman–Crippen MR) is 79.3 cm³/mol. The minimum absolute atomic E-state index is 0.197. The first-order valence-electron chi connectivity index (χ1n) is 6.23. The van der Waals surface area contributed by atoms with Gasteiger partial charge in [-0.25, -0.2) is 4.98 Å². The van der Waals surface area contributed by atoms with Crippen LogP contribution < -0.4 is 11.1 Å². The van der Waals surface area contributed by atoms with Gasteiger partial charge in [0.25, 0.3) is 5.91 Å². The van der Waals surface area contributed by atoms with Gasteiger partial charge in [-0.2, -0.15) is 0 Å². The Kier molecular flexibility index (Phi) is 4.48. The fourth-order valence-corrected chi connectivity index (χ4v) is 1.78. The largest absolute Gasteiger partial charge is 0.320 e. The number of pyridine rings is 1. The number of anilines is 1. The number of hydrogen-bond donors (Lipinski definition) is 2. The Balaban J connectivity index is 2.26. The Bertz CT molecular complexity index is 669. The van der Waals surface area contributed by atoms with Crippen LogP contribution in [0.25, 0.3) is 0 Å². The molecule has 0 spiro atoms. The van der Waals surface area contributed by atoms with E-state index < -0.39 is 0 Å². The van der Waals surface area contributed by atoms with Gasteiger partial charge >= 0.3 is 0 Å². The Labute approximate surface area is 118 Å². The van der Waals surface area contributed by atoms with E-state index in [1.54, 1.807) is 30.5 Å². The van der Waals surface area contributed by atoms with Crippen LogP contribution in [-0.2, 0) is 0 Å². The molecule has 0 fully saturated rings. The quantitative estimate of drug-likeness (QED) is 0.815. The third kappa shape index (κ3) is 3.22. The summed E-state index contributed by atoms with van der Waals surface area (Å²) in [5.41, 5.74) is 7.59. The van der Waals surface area contributed by atoms with Crippen molar-refractivity contribution in [1.82, 2.24) is 4.98 Å². The second-order valence-corrected chi connectivity index (χ2v) is 4.15. The highest BCUT2D eigenvalue weighted by Crippen LogP contribution is 2.14. The van der Waals surface area contributed by atoms with Gasteiger partial charge in [-0.15, -0.1) is 0 Å². The highest BCUT2D eigenvalue weighted by molar-refractivity contribution is 6.05. The van der Waals surface area contributed by atoms with Crippen LogP contribution in [0.4, 0.5) is 5.82 Å². The van der Waals surface area contributed by atoms with E-state index in [2.05, 4.69) is 22.1 Å². The number of carbonyl (C=O) groups is 1. The van der Waals surface area contributed by atoms with Gasteiger partial charge < -0.3 is 11.1 Å². The molecule has 0 atom stereocenters. The van der Waals surface area contributed by atoms with E-state index in [4.69, 9.17) is 5.73 Å². The van der Waals surface area contributed by atoms with Gasteiger partial charge in [0.2, 0.25) is 0 Å². The number of nitrogens with zero attached hydrogens (tertiary/aromatic N) is 1. The van der Waals surface area contributed by atoms with Crippen molar-refractivity contribution in [2.75, 3.05) is 11.9 Å². The van der Waals surface area contributed by atoms with E-state index in [0.717, 1.165) is 11.1 Å². The van der Waals surface area contributed by atoms with Gasteiger partial charge in [-0.05, 0) is 36.8 Å². The van der Waals surface area contributed by atoms with Crippen molar-refractivity contribution in [2.45, 2.75) is 6.92 Å². The third-order valence-corrected chi connectivity index (χ3v) is 2.81. The monoisotopic (exact) mass is 265 g/mol. The molecule has 0 bridgehead atoms. The lowest BCUT2D eigenvalue weighted by atomic mass is 10.0. The molecular formula is C16H15N3O. The van der Waals surface area contributed by atoms with Crippen LogP contribution in [0.5, 0.6) is 0 Å². The number of rotatable bonds is 2. The first-order valence-corrected chi connectivity index (χ1v) is 6.23. The molecule has 2 rings (SSSR count). The summed E-state index contributed by atoms with van der Waals surface area (Å²) in [6, 6.07) is 10.8. The molecule has 1 aromatic carbocycles. The number of nitrogens with two attached hydrogens (primary N) is 1. The predicted octanol–water partition coefficient (Wildman–Crippen LogP) is 1.95. The molecule has 0 saturated heterocycles. The fourth-order valence-electron chi connectivity index (χ4n) is 1.78. The zero-order valence-corrected chi connectivity index (χ0v) is 11.2. The topological polar surface area (TPSA) is 68.0 Å². The molecule has 0 aliphatic rings. The second-order valence-electron chi connectivity index (χ2n) is 4.15. The SMILES string of the molecule is Cc1c(C#CCN)cccc1C(=O)Nc1ccccn1. The molecule has 0 aliphatic carbocycles. The van der Waals surface area contributed by atoms with Gasteiger partial charge in [-0.3, -0.25) is 4.79 Å². The van der Waals surface area contributed by atoms with E-state index in [9.17, 15) is 4.79 Å². The zero-order valence-electron chi connectivity index (χ0n) is 11.2. The molecule has 100 valence electrons. The number of carbonyl (C=O) groups excluding carboxylic acids is 1. The first-order chi connectivity index (χ1) is 9.72. The van der Waals surface area contributed by atoms with E-state index in [1.807, 2.05) is 19.1 Å². The van der Waals surface area contributed by atoms with Crippen molar-refractivity contribution in [3.8, 4) is 11.8 Å². The molecule has 2 aromatic rings. The molecular weight excluding hydrogens is 250 g/mol. The van der Waals surface area contributed by atoms with Crippen molar-refractivity contribution in [2.24, 2.45) is 5.73 Å². The summed E-state index contributed by atoms with van der Waals surface area (Å²) in [5.74, 6) is 6.08. The maximum Gasteiger partial charge on any atom is 0.257 e. The van der Waals surface area contributed by atoms with Crippen LogP contribution in [0.3, 0.4) is 0 Å². The Morgan fingerprint density at radius 2 is 2.15 bits per heavy atom. The van der Waals surface area contributed by atoms with E-state index in [0.29, 0.717) is 17.9 Å². The summed E-state index contributed by atoms with van der Waals surface area (Å²) in [6.07, 6.45) is 1.63.